The Labute approximate surface area is 128 Å². The highest BCUT2D eigenvalue weighted by Gasteiger charge is 2.15. The zero-order chi connectivity index (χ0) is 15.6. The molecule has 4 nitrogen and oxygen atoms in total. The lowest BCUT2D eigenvalue weighted by atomic mass is 10.1. The maximum atomic E-state index is 13.8. The van der Waals surface area contributed by atoms with Gasteiger partial charge in [0.2, 0.25) is 5.82 Å². The Bertz CT molecular complexity index is 720. The van der Waals surface area contributed by atoms with Crippen molar-refractivity contribution in [3.05, 3.63) is 57.6 Å². The molecular weight excluding hydrogens is 346 g/mol. The van der Waals surface area contributed by atoms with Gasteiger partial charge in [0.1, 0.15) is 5.75 Å². The molecule has 2 aromatic rings. The molecule has 2 aromatic carbocycles. The topological polar surface area (TPSA) is 67.8 Å². The van der Waals surface area contributed by atoms with Crippen molar-refractivity contribution in [2.45, 2.75) is 6.92 Å². The van der Waals surface area contributed by atoms with E-state index >= 15 is 0 Å². The van der Waals surface area contributed by atoms with E-state index < -0.39 is 11.6 Å². The van der Waals surface area contributed by atoms with Gasteiger partial charge in [-0.2, -0.15) is 4.39 Å². The fourth-order valence-electron chi connectivity index (χ4n) is 1.70. The third-order valence-electron chi connectivity index (χ3n) is 2.70. The van der Waals surface area contributed by atoms with E-state index in [-0.39, 0.29) is 22.9 Å². The van der Waals surface area contributed by atoms with Crippen LogP contribution in [0, 0.1) is 18.6 Å². The summed E-state index contributed by atoms with van der Waals surface area (Å²) in [5.74, 6) is -2.51. The van der Waals surface area contributed by atoms with Crippen molar-refractivity contribution >= 4 is 21.8 Å². The summed E-state index contributed by atoms with van der Waals surface area (Å²) in [4.78, 5) is 0. The third kappa shape index (κ3) is 3.30. The van der Waals surface area contributed by atoms with Crippen LogP contribution < -0.4 is 10.5 Å². The number of hydrogen-bond acceptors (Lipinski definition) is 3. The second-order valence-electron chi connectivity index (χ2n) is 4.29. The molecule has 0 spiro atoms. The summed E-state index contributed by atoms with van der Waals surface area (Å²) in [7, 11) is 0. The van der Waals surface area contributed by atoms with Crippen molar-refractivity contribution in [2.75, 3.05) is 0 Å². The van der Waals surface area contributed by atoms with E-state index in [0.29, 0.717) is 4.47 Å². The van der Waals surface area contributed by atoms with Gasteiger partial charge >= 0.3 is 0 Å². The SMILES string of the molecule is Cc1ccc(/C(N)=N/O)c(Oc2cc(Br)cc(F)c2F)c1. The van der Waals surface area contributed by atoms with Crippen LogP contribution in [0.25, 0.3) is 0 Å². The lowest BCUT2D eigenvalue weighted by Gasteiger charge is -2.12. The van der Waals surface area contributed by atoms with Crippen LogP contribution in [0.5, 0.6) is 11.5 Å². The highest BCUT2D eigenvalue weighted by atomic mass is 79.9. The number of oxime groups is 1. The predicted octanol–water partition coefficient (Wildman–Crippen LogP) is 3.92. The molecule has 0 aliphatic heterocycles. The zero-order valence-electron chi connectivity index (χ0n) is 10.9. The second kappa shape index (κ2) is 6.09. The van der Waals surface area contributed by atoms with Crippen LogP contribution in [-0.4, -0.2) is 11.0 Å². The number of amidine groups is 1. The van der Waals surface area contributed by atoms with Crippen LogP contribution in [0.2, 0.25) is 0 Å². The fourth-order valence-corrected chi connectivity index (χ4v) is 2.11. The minimum absolute atomic E-state index is 0.154. The first-order valence-corrected chi connectivity index (χ1v) is 6.62. The van der Waals surface area contributed by atoms with Gasteiger partial charge in [0.15, 0.2) is 17.4 Å². The third-order valence-corrected chi connectivity index (χ3v) is 3.16. The van der Waals surface area contributed by atoms with Crippen LogP contribution in [0.15, 0.2) is 40.0 Å². The van der Waals surface area contributed by atoms with Crippen molar-refractivity contribution in [3.8, 4) is 11.5 Å². The molecule has 3 N–H and O–H groups in total. The van der Waals surface area contributed by atoms with Gasteiger partial charge in [0.05, 0.1) is 5.56 Å². The van der Waals surface area contributed by atoms with E-state index in [9.17, 15) is 8.78 Å². The minimum Gasteiger partial charge on any atom is -0.453 e. The summed E-state index contributed by atoms with van der Waals surface area (Å²) in [5.41, 5.74) is 6.62. The summed E-state index contributed by atoms with van der Waals surface area (Å²) < 4.78 is 32.8. The monoisotopic (exact) mass is 356 g/mol. The molecule has 110 valence electrons. The van der Waals surface area contributed by atoms with E-state index in [0.717, 1.165) is 11.6 Å². The molecule has 0 radical (unpaired) electrons. The Morgan fingerprint density at radius 2 is 1.95 bits per heavy atom. The molecule has 0 aromatic heterocycles. The summed E-state index contributed by atoms with van der Waals surface area (Å²) >= 11 is 3.06. The van der Waals surface area contributed by atoms with Crippen molar-refractivity contribution in [3.63, 3.8) is 0 Å². The largest absolute Gasteiger partial charge is 0.453 e. The number of rotatable bonds is 3. The molecule has 0 saturated carbocycles. The maximum Gasteiger partial charge on any atom is 0.201 e. The Balaban J connectivity index is 2.51. The van der Waals surface area contributed by atoms with Crippen molar-refractivity contribution in [1.82, 2.24) is 0 Å². The molecule has 7 heteroatoms. The first-order valence-electron chi connectivity index (χ1n) is 5.83. The number of hydrogen-bond donors (Lipinski definition) is 2. The Kier molecular flexibility index (Phi) is 4.42. The lowest BCUT2D eigenvalue weighted by Crippen LogP contribution is -2.14. The average molecular weight is 357 g/mol. The van der Waals surface area contributed by atoms with Gasteiger partial charge in [0, 0.05) is 4.47 Å². The maximum absolute atomic E-state index is 13.8. The predicted molar refractivity (Wildman–Crippen MR) is 77.8 cm³/mol. The molecular formula is C14H11BrF2N2O2. The summed E-state index contributed by atoms with van der Waals surface area (Å²) in [6.07, 6.45) is 0. The van der Waals surface area contributed by atoms with Gasteiger partial charge in [-0.15, -0.1) is 0 Å². The Hall–Kier alpha value is -2.15. The highest BCUT2D eigenvalue weighted by Crippen LogP contribution is 2.32. The number of nitrogens with two attached hydrogens (primary N) is 1. The Morgan fingerprint density at radius 3 is 2.62 bits per heavy atom. The second-order valence-corrected chi connectivity index (χ2v) is 5.20. The van der Waals surface area contributed by atoms with Gasteiger partial charge in [-0.3, -0.25) is 0 Å². The van der Waals surface area contributed by atoms with Gasteiger partial charge in [0.25, 0.3) is 0 Å². The molecule has 0 amide bonds. The molecule has 2 rings (SSSR count). The van der Waals surface area contributed by atoms with Gasteiger partial charge < -0.3 is 15.7 Å². The van der Waals surface area contributed by atoms with Crippen molar-refractivity contribution < 1.29 is 18.7 Å². The zero-order valence-corrected chi connectivity index (χ0v) is 12.5. The number of benzene rings is 2. The molecule has 0 bridgehead atoms. The van der Waals surface area contributed by atoms with E-state index in [4.69, 9.17) is 15.7 Å². The van der Waals surface area contributed by atoms with Gasteiger partial charge in [-0.1, -0.05) is 27.2 Å². The van der Waals surface area contributed by atoms with Gasteiger partial charge in [-0.25, -0.2) is 4.39 Å². The standard InChI is InChI=1S/C14H11BrF2N2O2/c1-7-2-3-9(14(18)19-20)11(4-7)21-12-6-8(15)5-10(16)13(12)17/h2-6,20H,1H3,(H2,18,19). The quantitative estimate of drug-likeness (QED) is 0.288. The van der Waals surface area contributed by atoms with E-state index in [1.54, 1.807) is 25.1 Å². The normalized spacial score (nSPS) is 11.5. The van der Waals surface area contributed by atoms with Crippen molar-refractivity contribution in [2.24, 2.45) is 10.9 Å². The highest BCUT2D eigenvalue weighted by molar-refractivity contribution is 9.10. The van der Waals surface area contributed by atoms with Crippen LogP contribution >= 0.6 is 15.9 Å². The van der Waals surface area contributed by atoms with Crippen molar-refractivity contribution in [1.29, 1.82) is 0 Å². The lowest BCUT2D eigenvalue weighted by molar-refractivity contribution is 0.318. The van der Waals surface area contributed by atoms with E-state index in [1.807, 2.05) is 0 Å². The molecule has 21 heavy (non-hydrogen) atoms. The minimum atomic E-state index is -1.12. The van der Waals surface area contributed by atoms with Crippen LogP contribution in [0.4, 0.5) is 8.78 Å². The molecule has 0 aliphatic rings. The first kappa shape index (κ1) is 15.2. The molecule has 0 unspecified atom stereocenters. The van der Waals surface area contributed by atoms with E-state index in [1.165, 1.54) is 6.07 Å². The van der Waals surface area contributed by atoms with Gasteiger partial charge in [-0.05, 0) is 36.8 Å². The summed E-state index contributed by atoms with van der Waals surface area (Å²) in [5, 5.41) is 11.6. The molecule has 0 saturated heterocycles. The molecule has 0 fully saturated rings. The molecule has 0 atom stereocenters. The Morgan fingerprint density at radius 1 is 1.24 bits per heavy atom. The van der Waals surface area contributed by atoms with Crippen LogP contribution in [-0.2, 0) is 0 Å². The number of halogens is 3. The van der Waals surface area contributed by atoms with E-state index in [2.05, 4.69) is 21.1 Å². The van der Waals surface area contributed by atoms with Crippen LogP contribution in [0.3, 0.4) is 0 Å². The molecule has 0 aliphatic carbocycles. The molecule has 0 heterocycles. The summed E-state index contributed by atoms with van der Waals surface area (Å²) in [6.45, 7) is 1.79. The number of ether oxygens (including phenoxy) is 1. The first-order chi connectivity index (χ1) is 9.92. The van der Waals surface area contributed by atoms with Crippen LogP contribution in [0.1, 0.15) is 11.1 Å². The summed E-state index contributed by atoms with van der Waals surface area (Å²) in [6, 6.07) is 7.13. The smallest absolute Gasteiger partial charge is 0.201 e. The average Bonchev–Trinajstić information content (AvgIpc) is 2.43. The fraction of sp³-hybridized carbons (Fsp3) is 0.0714. The number of aryl methyl sites for hydroxylation is 1. The number of nitrogens with zero attached hydrogens (tertiary/aromatic N) is 1.